The number of carbonyl (C=O) groups excluding carboxylic acids is 5. The van der Waals surface area contributed by atoms with Gasteiger partial charge in [-0.2, -0.15) is 0 Å². The van der Waals surface area contributed by atoms with Crippen LogP contribution in [0.1, 0.15) is 33.6 Å². The SMILES string of the molecule is CC(=O)N[C@@H]1[C@@H](O[C@H](C)C(=O)N[C@@H](C)C(=O)N[C@H](CCC(N)=O)C(=O)[O-])[C@H](O)[C@@H](CO)O[C@@H]1O. The van der Waals surface area contributed by atoms with E-state index in [-0.39, 0.29) is 12.8 Å². The maximum absolute atomic E-state index is 12.5. The summed E-state index contributed by atoms with van der Waals surface area (Å²) in [5, 5.41) is 47.8. The van der Waals surface area contributed by atoms with Crippen LogP contribution in [0.4, 0.5) is 0 Å². The second-order valence-electron chi connectivity index (χ2n) is 7.82. The van der Waals surface area contributed by atoms with Gasteiger partial charge in [-0.1, -0.05) is 0 Å². The lowest BCUT2D eigenvalue weighted by molar-refractivity contribution is -0.308. The summed E-state index contributed by atoms with van der Waals surface area (Å²) in [7, 11) is 0. The van der Waals surface area contributed by atoms with Gasteiger partial charge in [0.05, 0.1) is 18.6 Å². The molecule has 1 saturated heterocycles. The van der Waals surface area contributed by atoms with E-state index in [1.807, 2.05) is 0 Å². The first-order valence-electron chi connectivity index (χ1n) is 10.4. The minimum atomic E-state index is -1.66. The summed E-state index contributed by atoms with van der Waals surface area (Å²) in [6.07, 6.45) is -7.76. The van der Waals surface area contributed by atoms with Gasteiger partial charge < -0.3 is 56.4 Å². The van der Waals surface area contributed by atoms with Crippen molar-refractivity contribution in [3.05, 3.63) is 0 Å². The van der Waals surface area contributed by atoms with E-state index in [0.29, 0.717) is 0 Å². The highest BCUT2D eigenvalue weighted by atomic mass is 16.6. The Labute approximate surface area is 195 Å². The van der Waals surface area contributed by atoms with Crippen LogP contribution in [0.5, 0.6) is 0 Å². The van der Waals surface area contributed by atoms with E-state index in [0.717, 1.165) is 6.92 Å². The van der Waals surface area contributed by atoms with Gasteiger partial charge in [-0.25, -0.2) is 0 Å². The van der Waals surface area contributed by atoms with Crippen molar-refractivity contribution in [3.63, 3.8) is 0 Å². The molecular weight excluding hydrogens is 460 g/mol. The minimum absolute atomic E-state index is 0.301. The number of nitrogens with one attached hydrogen (secondary N) is 3. The summed E-state index contributed by atoms with van der Waals surface area (Å²) in [5.41, 5.74) is 4.97. The zero-order chi connectivity index (χ0) is 26.2. The van der Waals surface area contributed by atoms with E-state index in [9.17, 15) is 44.4 Å². The normalized spacial score (nSPS) is 27.1. The lowest BCUT2D eigenvalue weighted by Crippen LogP contribution is -2.65. The van der Waals surface area contributed by atoms with E-state index in [1.54, 1.807) is 0 Å². The van der Waals surface area contributed by atoms with Crippen LogP contribution >= 0.6 is 0 Å². The molecule has 1 aliphatic heterocycles. The lowest BCUT2D eigenvalue weighted by atomic mass is 9.96. The first-order chi connectivity index (χ1) is 15.8. The van der Waals surface area contributed by atoms with E-state index in [1.165, 1.54) is 13.8 Å². The van der Waals surface area contributed by atoms with Crippen LogP contribution in [0.15, 0.2) is 0 Å². The highest BCUT2D eigenvalue weighted by Gasteiger charge is 2.46. The maximum atomic E-state index is 12.5. The summed E-state index contributed by atoms with van der Waals surface area (Å²) in [6, 6.07) is -4.03. The van der Waals surface area contributed by atoms with Gasteiger partial charge in [-0.05, 0) is 20.3 Å². The molecular formula is C19H31N4O11-. The van der Waals surface area contributed by atoms with Crippen molar-refractivity contribution in [2.45, 2.75) is 82.4 Å². The number of ether oxygens (including phenoxy) is 2. The van der Waals surface area contributed by atoms with Crippen molar-refractivity contribution < 1.29 is 53.9 Å². The van der Waals surface area contributed by atoms with Gasteiger partial charge in [0.15, 0.2) is 6.29 Å². The molecule has 4 amide bonds. The molecule has 1 rings (SSSR count). The first-order valence-corrected chi connectivity index (χ1v) is 10.4. The maximum Gasteiger partial charge on any atom is 0.249 e. The van der Waals surface area contributed by atoms with Crippen molar-refractivity contribution in [2.24, 2.45) is 5.73 Å². The van der Waals surface area contributed by atoms with Crippen molar-refractivity contribution >= 4 is 29.6 Å². The number of carbonyl (C=O) groups is 5. The molecule has 0 aromatic heterocycles. The molecule has 0 aromatic carbocycles. The van der Waals surface area contributed by atoms with E-state index >= 15 is 0 Å². The molecule has 1 aliphatic rings. The Morgan fingerprint density at radius 3 is 2.24 bits per heavy atom. The molecule has 0 saturated carbocycles. The molecule has 1 fully saturated rings. The van der Waals surface area contributed by atoms with Gasteiger partial charge in [0.1, 0.15) is 36.5 Å². The Kier molecular flexibility index (Phi) is 11.3. The number of aliphatic hydroxyl groups is 3. The van der Waals surface area contributed by atoms with Gasteiger partial charge in [0, 0.05) is 13.3 Å². The standard InChI is InChI=1S/C19H32N4O11/c1-7(16(28)23-10(18(30)31)4-5-12(20)26)21-17(29)8(2)33-15-13(22-9(3)25)19(32)34-11(6-24)14(15)27/h7-8,10-11,13-15,19,24,27,32H,4-6H2,1-3H3,(H2,20,26)(H,21,29)(H,22,25)(H,23,28)(H,30,31)/p-1/t7-,8+,10+,11+,13+,14+,15+,19-/m0/s1. The third-order valence-corrected chi connectivity index (χ3v) is 5.01. The molecule has 0 aromatic rings. The fourth-order valence-corrected chi connectivity index (χ4v) is 3.16. The first kappa shape index (κ1) is 29.2. The molecule has 0 bridgehead atoms. The number of primary amides is 1. The Bertz CT molecular complexity index is 765. The highest BCUT2D eigenvalue weighted by Crippen LogP contribution is 2.23. The molecule has 34 heavy (non-hydrogen) atoms. The fraction of sp³-hybridized carbons (Fsp3) is 0.737. The summed E-state index contributed by atoms with van der Waals surface area (Å²) in [6.45, 7) is 2.99. The van der Waals surface area contributed by atoms with Gasteiger partial charge in [-0.3, -0.25) is 19.2 Å². The highest BCUT2D eigenvalue weighted by molar-refractivity contribution is 5.91. The third kappa shape index (κ3) is 8.49. The summed E-state index contributed by atoms with van der Waals surface area (Å²) < 4.78 is 10.6. The molecule has 0 aliphatic carbocycles. The summed E-state index contributed by atoms with van der Waals surface area (Å²) in [5.74, 6) is -4.73. The second-order valence-corrected chi connectivity index (χ2v) is 7.82. The van der Waals surface area contributed by atoms with Crippen LogP contribution in [0.2, 0.25) is 0 Å². The van der Waals surface area contributed by atoms with Gasteiger partial charge >= 0.3 is 0 Å². The number of carboxylic acids is 1. The molecule has 0 radical (unpaired) electrons. The lowest BCUT2D eigenvalue weighted by Gasteiger charge is -2.43. The number of carboxylic acid groups (broad SMARTS) is 1. The molecule has 0 spiro atoms. The van der Waals surface area contributed by atoms with Crippen LogP contribution < -0.4 is 26.8 Å². The van der Waals surface area contributed by atoms with E-state index in [4.69, 9.17) is 15.2 Å². The Hall–Kier alpha value is -2.85. The average molecular weight is 491 g/mol. The summed E-state index contributed by atoms with van der Waals surface area (Å²) in [4.78, 5) is 58.2. The zero-order valence-electron chi connectivity index (χ0n) is 18.9. The number of aliphatic hydroxyl groups excluding tert-OH is 3. The average Bonchev–Trinajstić information content (AvgIpc) is 2.74. The number of aliphatic carboxylic acids is 1. The smallest absolute Gasteiger partial charge is 0.249 e. The minimum Gasteiger partial charge on any atom is -0.548 e. The van der Waals surface area contributed by atoms with Crippen LogP contribution in [0.3, 0.4) is 0 Å². The Balaban J connectivity index is 2.80. The second kappa shape index (κ2) is 13.1. The molecule has 8 N–H and O–H groups in total. The number of hydrogen-bond donors (Lipinski definition) is 7. The predicted molar refractivity (Wildman–Crippen MR) is 109 cm³/mol. The topological polar surface area (TPSA) is 250 Å². The van der Waals surface area contributed by atoms with Crippen molar-refractivity contribution in [1.29, 1.82) is 0 Å². The van der Waals surface area contributed by atoms with E-state index in [2.05, 4.69) is 16.0 Å². The monoisotopic (exact) mass is 491 g/mol. The van der Waals surface area contributed by atoms with Crippen molar-refractivity contribution in [2.75, 3.05) is 6.61 Å². The molecule has 194 valence electrons. The fourth-order valence-electron chi connectivity index (χ4n) is 3.16. The van der Waals surface area contributed by atoms with Crippen molar-refractivity contribution in [3.8, 4) is 0 Å². The number of nitrogens with two attached hydrogens (primary N) is 1. The van der Waals surface area contributed by atoms with Gasteiger partial charge in [-0.15, -0.1) is 0 Å². The summed E-state index contributed by atoms with van der Waals surface area (Å²) >= 11 is 0. The van der Waals surface area contributed by atoms with Crippen LogP contribution in [-0.4, -0.2) is 100 Å². The van der Waals surface area contributed by atoms with Crippen LogP contribution in [-0.2, 0) is 33.4 Å². The quantitative estimate of drug-likeness (QED) is 0.135. The Morgan fingerprint density at radius 1 is 1.12 bits per heavy atom. The van der Waals surface area contributed by atoms with Crippen LogP contribution in [0.25, 0.3) is 0 Å². The van der Waals surface area contributed by atoms with Crippen LogP contribution in [0, 0.1) is 0 Å². The van der Waals surface area contributed by atoms with Gasteiger partial charge in [0.2, 0.25) is 23.6 Å². The number of amides is 4. The molecule has 15 heteroatoms. The number of hydrogen-bond acceptors (Lipinski definition) is 11. The predicted octanol–water partition coefficient (Wildman–Crippen LogP) is -5.66. The largest absolute Gasteiger partial charge is 0.548 e. The molecule has 8 atom stereocenters. The van der Waals surface area contributed by atoms with Crippen molar-refractivity contribution in [1.82, 2.24) is 16.0 Å². The molecule has 0 unspecified atom stereocenters. The zero-order valence-corrected chi connectivity index (χ0v) is 18.9. The molecule has 15 nitrogen and oxygen atoms in total. The molecule has 1 heterocycles. The van der Waals surface area contributed by atoms with Gasteiger partial charge in [0.25, 0.3) is 0 Å². The Morgan fingerprint density at radius 2 is 1.74 bits per heavy atom. The number of rotatable bonds is 12. The van der Waals surface area contributed by atoms with E-state index < -0.39 is 85.0 Å². The third-order valence-electron chi connectivity index (χ3n) is 5.01.